The maximum atomic E-state index is 12.7. The first-order valence-corrected chi connectivity index (χ1v) is 10.7. The average molecular weight is 448 g/mol. The van der Waals surface area contributed by atoms with Crippen LogP contribution >= 0.6 is 11.3 Å². The highest BCUT2D eigenvalue weighted by Gasteiger charge is 2.18. The third kappa shape index (κ3) is 5.20. The fourth-order valence-corrected chi connectivity index (χ4v) is 3.96. The van der Waals surface area contributed by atoms with Gasteiger partial charge in [-0.15, -0.1) is 11.3 Å². The molecule has 0 atom stereocenters. The maximum Gasteiger partial charge on any atom is 0.352 e. The van der Waals surface area contributed by atoms with Crippen molar-refractivity contribution in [3.8, 4) is 6.07 Å². The van der Waals surface area contributed by atoms with Crippen LogP contribution in [0.2, 0.25) is 0 Å². The number of anilines is 1. The highest BCUT2D eigenvalue weighted by Crippen LogP contribution is 2.06. The Bertz CT molecular complexity index is 1350. The molecule has 32 heavy (non-hydrogen) atoms. The monoisotopic (exact) mass is 447 g/mol. The number of rotatable bonds is 7. The van der Waals surface area contributed by atoms with Crippen molar-refractivity contribution in [2.45, 2.75) is 20.4 Å². The van der Waals surface area contributed by atoms with E-state index >= 15 is 0 Å². The molecule has 0 bridgehead atoms. The number of hydrogen-bond donors (Lipinski definition) is 1. The zero-order valence-electron chi connectivity index (χ0n) is 17.6. The molecule has 0 unspecified atom stereocenters. The first-order valence-electron chi connectivity index (χ1n) is 9.87. The quantitative estimate of drug-likeness (QED) is 0.440. The lowest BCUT2D eigenvalue weighted by molar-refractivity contribution is -0.135. The zero-order valence-corrected chi connectivity index (χ0v) is 18.4. The number of nitrogens with zero attached hydrogens (tertiary/aromatic N) is 2. The Morgan fingerprint density at radius 2 is 1.84 bits per heavy atom. The number of thiazole rings is 1. The first kappa shape index (κ1) is 22.7. The number of hydrogen-bond acceptors (Lipinski definition) is 7. The van der Waals surface area contributed by atoms with Gasteiger partial charge in [-0.2, -0.15) is 5.26 Å². The molecule has 0 fully saturated rings. The highest BCUT2D eigenvalue weighted by molar-refractivity contribution is 7.07. The van der Waals surface area contributed by atoms with Crippen LogP contribution in [0, 0.1) is 18.3 Å². The molecule has 7 nitrogen and oxygen atoms in total. The Balaban J connectivity index is 1.89. The number of para-hydroxylation sites is 1. The van der Waals surface area contributed by atoms with E-state index in [2.05, 4.69) is 5.32 Å². The molecule has 2 aromatic carbocycles. The third-order valence-corrected chi connectivity index (χ3v) is 5.74. The van der Waals surface area contributed by atoms with E-state index in [4.69, 9.17) is 4.74 Å². The Kier molecular flexibility index (Phi) is 7.37. The van der Waals surface area contributed by atoms with Crippen LogP contribution in [0.3, 0.4) is 0 Å². The van der Waals surface area contributed by atoms with Crippen molar-refractivity contribution in [3.05, 3.63) is 85.3 Å². The van der Waals surface area contributed by atoms with Crippen LogP contribution in [-0.2, 0) is 16.1 Å². The number of ketones is 1. The van der Waals surface area contributed by atoms with E-state index in [0.717, 1.165) is 22.6 Å². The molecule has 1 N–H and O–H groups in total. The van der Waals surface area contributed by atoms with Gasteiger partial charge in [0.2, 0.25) is 0 Å². The van der Waals surface area contributed by atoms with E-state index in [-0.39, 0.29) is 28.1 Å². The molecule has 0 amide bonds. The second kappa shape index (κ2) is 10.4. The molecule has 3 aromatic rings. The molecule has 8 heteroatoms. The van der Waals surface area contributed by atoms with Gasteiger partial charge in [0, 0.05) is 24.0 Å². The molecule has 1 heterocycles. The van der Waals surface area contributed by atoms with Gasteiger partial charge in [-0.05, 0) is 26.0 Å². The van der Waals surface area contributed by atoms with Crippen LogP contribution < -0.4 is 20.1 Å². The number of Topliss-reactive ketones (excluding diaryl/α,β-unsaturated/α-hetero) is 1. The lowest BCUT2D eigenvalue weighted by Gasteiger charge is -2.04. The van der Waals surface area contributed by atoms with E-state index in [1.807, 2.05) is 43.3 Å². The standard InChI is InChI=1S/C24H21N3O4S/c1-3-27-22(29)21(14-26-18-7-5-4-6-8-18)32-23(27)19(13-25)24(30)31-15-20(28)17-11-9-16(2)10-12-17/h4-12,14,26H,3,15H2,1-2H3/b21-14+,23-19-. The summed E-state index contributed by atoms with van der Waals surface area (Å²) in [4.78, 5) is 37.6. The fourth-order valence-electron chi connectivity index (χ4n) is 2.88. The summed E-state index contributed by atoms with van der Waals surface area (Å²) in [6.07, 6.45) is 1.54. The highest BCUT2D eigenvalue weighted by atomic mass is 32.1. The minimum Gasteiger partial charge on any atom is -0.453 e. The van der Waals surface area contributed by atoms with E-state index in [1.165, 1.54) is 4.57 Å². The van der Waals surface area contributed by atoms with E-state index < -0.39 is 12.6 Å². The van der Waals surface area contributed by atoms with Crippen molar-refractivity contribution in [2.24, 2.45) is 0 Å². The van der Waals surface area contributed by atoms with Gasteiger partial charge in [0.05, 0.1) is 0 Å². The molecule has 162 valence electrons. The Labute approximate surface area is 188 Å². The van der Waals surface area contributed by atoms with E-state index in [1.54, 1.807) is 37.4 Å². The molecule has 0 radical (unpaired) electrons. The van der Waals surface area contributed by atoms with Crippen molar-refractivity contribution in [3.63, 3.8) is 0 Å². The second-order valence-corrected chi connectivity index (χ2v) is 7.86. The van der Waals surface area contributed by atoms with Crippen LogP contribution in [0.1, 0.15) is 22.8 Å². The molecule has 1 aromatic heterocycles. The summed E-state index contributed by atoms with van der Waals surface area (Å²) < 4.78 is 6.95. The Morgan fingerprint density at radius 3 is 2.47 bits per heavy atom. The number of nitrogens with one attached hydrogen (secondary N) is 1. The summed E-state index contributed by atoms with van der Waals surface area (Å²) in [5.41, 5.74) is 1.57. The predicted molar refractivity (Wildman–Crippen MR) is 124 cm³/mol. The van der Waals surface area contributed by atoms with E-state index in [0.29, 0.717) is 10.1 Å². The molecule has 0 saturated carbocycles. The molecule has 0 aliphatic rings. The van der Waals surface area contributed by atoms with Crippen LogP contribution in [0.4, 0.5) is 5.69 Å². The van der Waals surface area contributed by atoms with Crippen molar-refractivity contribution in [1.82, 2.24) is 4.57 Å². The maximum absolute atomic E-state index is 12.7. The van der Waals surface area contributed by atoms with Gasteiger partial charge < -0.3 is 10.1 Å². The largest absolute Gasteiger partial charge is 0.453 e. The molecule has 0 aliphatic carbocycles. The number of nitriles is 1. The molecule has 3 rings (SSSR count). The first-order chi connectivity index (χ1) is 15.4. The van der Waals surface area contributed by atoms with Crippen LogP contribution in [-0.4, -0.2) is 22.9 Å². The van der Waals surface area contributed by atoms with Gasteiger partial charge in [0.1, 0.15) is 15.3 Å². The van der Waals surface area contributed by atoms with Crippen molar-refractivity contribution >= 4 is 40.5 Å². The smallest absolute Gasteiger partial charge is 0.352 e. The summed E-state index contributed by atoms with van der Waals surface area (Å²) >= 11 is 1.01. The summed E-state index contributed by atoms with van der Waals surface area (Å²) in [6.45, 7) is 3.42. The van der Waals surface area contributed by atoms with Crippen molar-refractivity contribution < 1.29 is 14.3 Å². The number of ether oxygens (including phenoxy) is 1. The fraction of sp³-hybridized carbons (Fsp3) is 0.167. The lowest BCUT2D eigenvalue weighted by atomic mass is 10.1. The van der Waals surface area contributed by atoms with E-state index in [9.17, 15) is 19.6 Å². The molecule has 0 spiro atoms. The summed E-state index contributed by atoms with van der Waals surface area (Å²) in [6, 6.07) is 18.0. The number of carbonyl (C=O) groups is 2. The van der Waals surface area contributed by atoms with Crippen LogP contribution in [0.25, 0.3) is 11.8 Å². The minimum atomic E-state index is -0.945. The SMILES string of the molecule is CCn1c(=O)/c(=C\Nc2ccccc2)s/c1=C(/C#N)C(=O)OCC(=O)c1ccc(C)cc1. The van der Waals surface area contributed by atoms with Gasteiger partial charge in [-0.3, -0.25) is 14.2 Å². The Morgan fingerprint density at radius 1 is 1.16 bits per heavy atom. The Hall–Kier alpha value is -3.96. The van der Waals surface area contributed by atoms with Crippen LogP contribution in [0.5, 0.6) is 0 Å². The molecular formula is C24H21N3O4S. The summed E-state index contributed by atoms with van der Waals surface area (Å²) in [7, 11) is 0. The average Bonchev–Trinajstić information content (AvgIpc) is 3.12. The van der Waals surface area contributed by atoms with Gasteiger partial charge in [-0.25, -0.2) is 4.79 Å². The number of aryl methyl sites for hydroxylation is 1. The molecular weight excluding hydrogens is 426 g/mol. The van der Waals surface area contributed by atoms with Gasteiger partial charge in [-0.1, -0.05) is 48.0 Å². The molecule has 0 aliphatic heterocycles. The number of aromatic nitrogens is 1. The van der Waals surface area contributed by atoms with Crippen molar-refractivity contribution in [1.29, 1.82) is 5.26 Å². The number of carbonyl (C=O) groups excluding carboxylic acids is 2. The lowest BCUT2D eigenvalue weighted by Crippen LogP contribution is -2.32. The van der Waals surface area contributed by atoms with Crippen LogP contribution in [0.15, 0.2) is 59.4 Å². The number of benzene rings is 2. The normalized spacial score (nSPS) is 12.1. The zero-order chi connectivity index (χ0) is 23.1. The van der Waals surface area contributed by atoms with Gasteiger partial charge in [0.15, 0.2) is 18.0 Å². The van der Waals surface area contributed by atoms with Crippen molar-refractivity contribution in [2.75, 3.05) is 11.9 Å². The summed E-state index contributed by atoms with van der Waals surface area (Å²) in [5.74, 6) is -1.32. The predicted octanol–water partition coefficient (Wildman–Crippen LogP) is 2.19. The minimum absolute atomic E-state index is 0.189. The summed E-state index contributed by atoms with van der Waals surface area (Å²) in [5, 5.41) is 12.6. The molecule has 0 saturated heterocycles. The topological polar surface area (TPSA) is 101 Å². The number of esters is 1. The third-order valence-electron chi connectivity index (χ3n) is 4.61. The van der Waals surface area contributed by atoms with Gasteiger partial charge in [0.25, 0.3) is 5.56 Å². The van der Waals surface area contributed by atoms with Gasteiger partial charge >= 0.3 is 5.97 Å². The second-order valence-electron chi connectivity index (χ2n) is 6.83.